The van der Waals surface area contributed by atoms with Crippen molar-refractivity contribution in [3.63, 3.8) is 0 Å². The number of hydrogen-bond acceptors (Lipinski definition) is 12. The fraction of sp³-hybridized carbons (Fsp3) is 0.898. The fourth-order valence-electron chi connectivity index (χ4n) is 19.5. The van der Waals surface area contributed by atoms with Gasteiger partial charge in [-0.3, -0.25) is 28.8 Å². The van der Waals surface area contributed by atoms with Crippen LogP contribution in [0.15, 0.2) is 0 Å². The molecule has 11 rings (SSSR count). The standard InChI is InChI=1S/C59H90O12/c1-40-36-56-27-19-42-52(3)23-13-25-54(42,5)50(64)68-33-15-31-66-48(62)35-49(63)67-32-16-34-69-51(65)55(6)26-14-24-53(4)43(55)20-28-57-37-41(2)59(39-57,30-22-45(53)57)71-47(61)18-12-10-8-7-9-11-17-46(60)70-58(40,38-56)29-21-44(52)56/h40-45H,7-39H2,1-6H3/t40-,41-,42-,43-,44-,45-,52+,53+,54+,55+,56+,57+,58-,59-/m0/s1. The minimum atomic E-state index is -0.693. The first kappa shape index (κ1) is 52.7. The summed E-state index contributed by atoms with van der Waals surface area (Å²) in [5.41, 5.74) is -1.82. The predicted molar refractivity (Wildman–Crippen MR) is 265 cm³/mol. The van der Waals surface area contributed by atoms with E-state index >= 15 is 0 Å². The number of fused-ring (bicyclic) bond motifs is 2. The molecule has 12 bridgehead atoms. The van der Waals surface area contributed by atoms with Crippen molar-refractivity contribution in [3.05, 3.63) is 0 Å². The summed E-state index contributed by atoms with van der Waals surface area (Å²) in [7, 11) is 0. The van der Waals surface area contributed by atoms with E-state index in [1.54, 1.807) is 0 Å². The average molecular weight is 991 g/mol. The van der Waals surface area contributed by atoms with Crippen molar-refractivity contribution in [1.29, 1.82) is 0 Å². The molecule has 0 unspecified atom stereocenters. The zero-order valence-electron chi connectivity index (χ0n) is 44.7. The minimum Gasteiger partial charge on any atom is -0.465 e. The fourth-order valence-corrected chi connectivity index (χ4v) is 19.5. The Morgan fingerprint density at radius 1 is 0.394 bits per heavy atom. The van der Waals surface area contributed by atoms with Crippen LogP contribution in [0.5, 0.6) is 0 Å². The Hall–Kier alpha value is -3.18. The molecule has 398 valence electrons. The van der Waals surface area contributed by atoms with Gasteiger partial charge in [0.25, 0.3) is 0 Å². The maximum Gasteiger partial charge on any atom is 0.317 e. The Kier molecular flexibility index (Phi) is 15.0. The van der Waals surface area contributed by atoms with Crippen LogP contribution in [0.3, 0.4) is 0 Å². The number of esters is 6. The van der Waals surface area contributed by atoms with Gasteiger partial charge in [0.05, 0.1) is 37.3 Å². The van der Waals surface area contributed by atoms with E-state index in [0.717, 1.165) is 154 Å². The topological polar surface area (TPSA) is 158 Å². The van der Waals surface area contributed by atoms with Crippen molar-refractivity contribution in [3.8, 4) is 0 Å². The van der Waals surface area contributed by atoms with Crippen molar-refractivity contribution < 1.29 is 57.2 Å². The Bertz CT molecular complexity index is 1900. The molecule has 0 aromatic rings. The number of hydrogen-bond donors (Lipinski definition) is 0. The third kappa shape index (κ3) is 9.51. The monoisotopic (exact) mass is 991 g/mol. The Morgan fingerprint density at radius 3 is 1.20 bits per heavy atom. The highest BCUT2D eigenvalue weighted by molar-refractivity contribution is 5.91. The van der Waals surface area contributed by atoms with E-state index in [1.807, 2.05) is 0 Å². The summed E-state index contributed by atoms with van der Waals surface area (Å²) in [5, 5.41) is 0. The van der Waals surface area contributed by atoms with E-state index in [0.29, 0.717) is 49.4 Å². The van der Waals surface area contributed by atoms with Crippen molar-refractivity contribution in [2.75, 3.05) is 26.4 Å². The van der Waals surface area contributed by atoms with Crippen molar-refractivity contribution >= 4 is 35.8 Å². The maximum absolute atomic E-state index is 14.0. The van der Waals surface area contributed by atoms with Gasteiger partial charge in [0.2, 0.25) is 0 Å². The van der Waals surface area contributed by atoms with Crippen LogP contribution in [0.4, 0.5) is 0 Å². The lowest BCUT2D eigenvalue weighted by Crippen LogP contribution is -2.59. The van der Waals surface area contributed by atoms with Gasteiger partial charge in [-0.05, 0) is 187 Å². The summed E-state index contributed by atoms with van der Waals surface area (Å²) in [5.74, 6) is 0.0692. The summed E-state index contributed by atoms with van der Waals surface area (Å²) in [4.78, 5) is 80.3. The molecule has 14 atom stereocenters. The molecule has 3 heterocycles. The highest BCUT2D eigenvalue weighted by Crippen LogP contribution is 2.75. The van der Waals surface area contributed by atoms with E-state index in [4.69, 9.17) is 28.4 Å². The summed E-state index contributed by atoms with van der Waals surface area (Å²) in [6, 6.07) is 0. The molecule has 0 radical (unpaired) electrons. The van der Waals surface area contributed by atoms with Crippen molar-refractivity contribution in [2.24, 2.45) is 68.0 Å². The van der Waals surface area contributed by atoms with Gasteiger partial charge < -0.3 is 28.4 Å². The van der Waals surface area contributed by atoms with Crippen molar-refractivity contribution in [2.45, 2.75) is 239 Å². The van der Waals surface area contributed by atoms with E-state index in [9.17, 15) is 28.8 Å². The molecule has 8 saturated carbocycles. The van der Waals surface area contributed by atoms with Crippen LogP contribution in [0.2, 0.25) is 0 Å². The molecule has 11 aliphatic rings. The minimum absolute atomic E-state index is 0.0150. The highest BCUT2D eigenvalue weighted by atomic mass is 16.6. The molecule has 71 heavy (non-hydrogen) atoms. The van der Waals surface area contributed by atoms with Gasteiger partial charge in [0.15, 0.2) is 0 Å². The molecule has 11 fully saturated rings. The van der Waals surface area contributed by atoms with Crippen molar-refractivity contribution in [1.82, 2.24) is 0 Å². The molecule has 12 heteroatoms. The molecule has 12 nitrogen and oxygen atoms in total. The predicted octanol–water partition coefficient (Wildman–Crippen LogP) is 11.9. The molecule has 0 N–H and O–H groups in total. The lowest BCUT2D eigenvalue weighted by molar-refractivity contribution is -0.197. The quantitative estimate of drug-likeness (QED) is 0.129. The average Bonchev–Trinajstić information content (AvgIpc) is 3.63. The zero-order chi connectivity index (χ0) is 50.5. The Morgan fingerprint density at radius 2 is 0.775 bits per heavy atom. The van der Waals surface area contributed by atoms with Gasteiger partial charge in [0, 0.05) is 25.7 Å². The van der Waals surface area contributed by atoms with Gasteiger partial charge in [-0.1, -0.05) is 66.2 Å². The second kappa shape index (κ2) is 20.2. The van der Waals surface area contributed by atoms with Crippen LogP contribution in [-0.4, -0.2) is 73.4 Å². The second-order valence-electron chi connectivity index (χ2n) is 26.5. The molecule has 4 spiro atoms. The largest absolute Gasteiger partial charge is 0.465 e. The first-order chi connectivity index (χ1) is 33.8. The number of rotatable bonds is 0. The molecule has 3 saturated heterocycles. The third-order valence-electron chi connectivity index (χ3n) is 22.6. The van der Waals surface area contributed by atoms with Gasteiger partial charge >= 0.3 is 35.8 Å². The summed E-state index contributed by atoms with van der Waals surface area (Å²) >= 11 is 0. The molecular weight excluding hydrogens is 901 g/mol. The number of carbonyl (C=O) groups is 6. The van der Waals surface area contributed by atoms with Gasteiger partial charge in [-0.25, -0.2) is 0 Å². The van der Waals surface area contributed by atoms with Crippen LogP contribution in [0.25, 0.3) is 0 Å². The van der Waals surface area contributed by atoms with Crippen LogP contribution in [-0.2, 0) is 57.2 Å². The second-order valence-corrected chi connectivity index (χ2v) is 26.5. The smallest absolute Gasteiger partial charge is 0.317 e. The number of ether oxygens (including phenoxy) is 6. The molecule has 8 aliphatic carbocycles. The Labute approximate surface area is 425 Å². The molecule has 0 aromatic carbocycles. The Balaban J connectivity index is 0.823. The first-order valence-corrected chi connectivity index (χ1v) is 28.9. The lowest BCUT2D eigenvalue weighted by atomic mass is 9.41. The molecule has 0 amide bonds. The summed E-state index contributed by atoms with van der Waals surface area (Å²) < 4.78 is 35.8. The van der Waals surface area contributed by atoms with Crippen LogP contribution >= 0.6 is 0 Å². The van der Waals surface area contributed by atoms with Crippen LogP contribution in [0, 0.1) is 68.0 Å². The normalized spacial score (nSPS) is 46.7. The zero-order valence-corrected chi connectivity index (χ0v) is 44.7. The maximum atomic E-state index is 14.0. The summed E-state index contributed by atoms with van der Waals surface area (Å²) in [6.07, 6.45) is 24.1. The van der Waals surface area contributed by atoms with Crippen LogP contribution in [0.1, 0.15) is 228 Å². The van der Waals surface area contributed by atoms with Gasteiger partial charge in [0.1, 0.15) is 17.6 Å². The third-order valence-corrected chi connectivity index (χ3v) is 22.6. The van der Waals surface area contributed by atoms with E-state index in [2.05, 4.69) is 41.5 Å². The van der Waals surface area contributed by atoms with Gasteiger partial charge in [-0.15, -0.1) is 0 Å². The number of carbonyl (C=O) groups excluding carboxylic acids is 6. The molecule has 3 aliphatic heterocycles. The lowest BCUT2D eigenvalue weighted by Gasteiger charge is -2.64. The van der Waals surface area contributed by atoms with E-state index < -0.39 is 40.4 Å². The molecule has 0 aromatic heterocycles. The van der Waals surface area contributed by atoms with Crippen LogP contribution < -0.4 is 0 Å². The van der Waals surface area contributed by atoms with Gasteiger partial charge in [-0.2, -0.15) is 0 Å². The van der Waals surface area contributed by atoms with E-state index in [-0.39, 0.29) is 83.8 Å². The highest BCUT2D eigenvalue weighted by Gasteiger charge is 2.71. The summed E-state index contributed by atoms with van der Waals surface area (Å²) in [6.45, 7) is 14.0. The SMILES string of the molecule is C[C@H]1C[C@@]23CC[C@H]4[C@@]5(C)CCC[C@@]4(C)C(=O)OCCCOC(=O)CC(=O)OCCCOC(=O)[C@]4(C)CCC[C@@]6(C)[C@@H]7CC[C@@]8(C[C@@]7(CC[C@@H]64)C[C@@H]8C)OC(=O)CCCCCCCCC(=O)O[C@@]1(CC[C@H]25)C3. The first-order valence-electron chi connectivity index (χ1n) is 28.9. The van der Waals surface area contributed by atoms with E-state index in [1.165, 1.54) is 0 Å². The molecular formula is C59H90O12.